The molecule has 0 saturated carbocycles. The number of rotatable bonds is 4. The topological polar surface area (TPSA) is 20.3 Å². The molecule has 1 fully saturated rings. The fourth-order valence-electron chi connectivity index (χ4n) is 3.87. The molecule has 3 aromatic rings. The van der Waals surface area contributed by atoms with E-state index in [1.165, 1.54) is 0 Å². The molecule has 1 saturated heterocycles. The van der Waals surface area contributed by atoms with E-state index < -0.39 is 0 Å². The summed E-state index contributed by atoms with van der Waals surface area (Å²) in [5, 5.41) is 0. The number of β-lactam (4-membered cyclic amide) rings is 1. The lowest BCUT2D eigenvalue weighted by atomic mass is 9.79. The molecule has 3 aromatic carbocycles. The van der Waals surface area contributed by atoms with Gasteiger partial charge in [-0.3, -0.25) is 4.79 Å². The van der Waals surface area contributed by atoms with Crippen LogP contribution in [0.5, 0.6) is 0 Å². The number of benzene rings is 3. The first kappa shape index (κ1) is 15.6. The molecule has 1 aliphatic heterocycles. The van der Waals surface area contributed by atoms with Crippen LogP contribution in [0.1, 0.15) is 35.6 Å². The molecule has 0 radical (unpaired) electrons. The second kappa shape index (κ2) is 6.56. The molecule has 25 heavy (non-hydrogen) atoms. The van der Waals surface area contributed by atoms with Crippen molar-refractivity contribution in [2.45, 2.75) is 24.9 Å². The summed E-state index contributed by atoms with van der Waals surface area (Å²) in [6, 6.07) is 30.8. The number of hydrogen-bond donors (Lipinski definition) is 0. The van der Waals surface area contributed by atoms with Gasteiger partial charge in [-0.05, 0) is 23.6 Å². The van der Waals surface area contributed by atoms with Crippen LogP contribution in [0.3, 0.4) is 0 Å². The minimum Gasteiger partial charge on any atom is -0.327 e. The molecule has 1 heterocycles. The van der Waals surface area contributed by atoms with Gasteiger partial charge in [-0.1, -0.05) is 91.0 Å². The summed E-state index contributed by atoms with van der Waals surface area (Å²) in [6.45, 7) is 2.15. The molecule has 1 amide bonds. The van der Waals surface area contributed by atoms with E-state index in [0.29, 0.717) is 0 Å². The summed E-state index contributed by atoms with van der Waals surface area (Å²) in [5.41, 5.74) is 3.41. The minimum atomic E-state index is -0.0453. The first-order chi connectivity index (χ1) is 12.3. The Morgan fingerprint density at radius 2 is 1.16 bits per heavy atom. The van der Waals surface area contributed by atoms with Crippen molar-refractivity contribution in [2.24, 2.45) is 0 Å². The van der Waals surface area contributed by atoms with Crippen molar-refractivity contribution < 1.29 is 4.79 Å². The molecule has 0 aliphatic carbocycles. The van der Waals surface area contributed by atoms with Crippen LogP contribution < -0.4 is 0 Å². The third-order valence-electron chi connectivity index (χ3n) is 5.11. The lowest BCUT2D eigenvalue weighted by Crippen LogP contribution is -2.59. The van der Waals surface area contributed by atoms with Crippen LogP contribution in [-0.4, -0.2) is 16.8 Å². The molecule has 1 aliphatic rings. The van der Waals surface area contributed by atoms with Gasteiger partial charge in [-0.15, -0.1) is 0 Å². The smallest absolute Gasteiger partial charge is 0.233 e. The summed E-state index contributed by atoms with van der Waals surface area (Å²) in [4.78, 5) is 15.1. The van der Waals surface area contributed by atoms with Gasteiger partial charge in [0.2, 0.25) is 5.91 Å². The summed E-state index contributed by atoms with van der Waals surface area (Å²) >= 11 is 0. The van der Waals surface area contributed by atoms with Gasteiger partial charge in [0.25, 0.3) is 0 Å². The molecule has 0 aromatic heterocycles. The van der Waals surface area contributed by atoms with Gasteiger partial charge in [-0.2, -0.15) is 0 Å². The molecule has 0 bridgehead atoms. The van der Waals surface area contributed by atoms with Crippen molar-refractivity contribution in [3.63, 3.8) is 0 Å². The highest BCUT2D eigenvalue weighted by atomic mass is 16.2. The lowest BCUT2D eigenvalue weighted by molar-refractivity contribution is -0.151. The second-order valence-electron chi connectivity index (χ2n) is 6.60. The fourth-order valence-corrected chi connectivity index (χ4v) is 3.87. The van der Waals surface area contributed by atoms with Crippen LogP contribution in [0.2, 0.25) is 0 Å². The van der Waals surface area contributed by atoms with E-state index in [4.69, 9.17) is 0 Å². The van der Waals surface area contributed by atoms with E-state index in [1.54, 1.807) is 0 Å². The standard InChI is InChI=1S/C23H21NO/c1-17-21(18-11-5-2-6-12-18)23(25)24(17)22(19-13-7-3-8-14-19)20-15-9-4-10-16-20/h2-17,21-22H,1H3/t17-,21-/m1/s1. The van der Waals surface area contributed by atoms with Gasteiger partial charge in [0.05, 0.1) is 12.0 Å². The van der Waals surface area contributed by atoms with Crippen molar-refractivity contribution in [3.8, 4) is 0 Å². The Hall–Kier alpha value is -2.87. The summed E-state index contributed by atoms with van der Waals surface area (Å²) in [6.07, 6.45) is 0. The lowest BCUT2D eigenvalue weighted by Gasteiger charge is -2.50. The molecule has 0 spiro atoms. The van der Waals surface area contributed by atoms with Gasteiger partial charge < -0.3 is 4.90 Å². The molecular weight excluding hydrogens is 306 g/mol. The first-order valence-corrected chi connectivity index (χ1v) is 8.74. The van der Waals surface area contributed by atoms with Crippen molar-refractivity contribution in [1.29, 1.82) is 0 Å². The predicted molar refractivity (Wildman–Crippen MR) is 100 cm³/mol. The molecule has 4 rings (SSSR count). The fraction of sp³-hybridized carbons (Fsp3) is 0.174. The molecule has 2 nitrogen and oxygen atoms in total. The molecule has 2 atom stereocenters. The van der Waals surface area contributed by atoms with Gasteiger partial charge in [0, 0.05) is 6.04 Å². The zero-order valence-corrected chi connectivity index (χ0v) is 14.2. The van der Waals surface area contributed by atoms with Crippen molar-refractivity contribution in [2.75, 3.05) is 0 Å². The van der Waals surface area contributed by atoms with E-state index in [9.17, 15) is 4.79 Å². The Labute approximate surface area is 148 Å². The van der Waals surface area contributed by atoms with Gasteiger partial charge in [-0.25, -0.2) is 0 Å². The molecule has 0 N–H and O–H groups in total. The Morgan fingerprint density at radius 1 is 0.720 bits per heavy atom. The largest absolute Gasteiger partial charge is 0.327 e. The summed E-state index contributed by atoms with van der Waals surface area (Å²) in [5.74, 6) is 0.160. The molecule has 124 valence electrons. The zero-order valence-electron chi connectivity index (χ0n) is 14.2. The number of amides is 1. The first-order valence-electron chi connectivity index (χ1n) is 8.74. The maximum absolute atomic E-state index is 13.1. The van der Waals surface area contributed by atoms with Gasteiger partial charge >= 0.3 is 0 Å². The van der Waals surface area contributed by atoms with Gasteiger partial charge in [0.1, 0.15) is 0 Å². The number of nitrogens with zero attached hydrogens (tertiary/aromatic N) is 1. The average molecular weight is 327 g/mol. The second-order valence-corrected chi connectivity index (χ2v) is 6.60. The number of carbonyl (C=O) groups excluding carboxylic acids is 1. The van der Waals surface area contributed by atoms with Crippen LogP contribution >= 0.6 is 0 Å². The summed E-state index contributed by atoms with van der Waals surface area (Å²) in [7, 11) is 0. The van der Waals surface area contributed by atoms with Gasteiger partial charge in [0.15, 0.2) is 0 Å². The third kappa shape index (κ3) is 2.74. The van der Waals surface area contributed by atoms with Crippen LogP contribution in [-0.2, 0) is 4.79 Å². The number of carbonyl (C=O) groups is 1. The predicted octanol–water partition coefficient (Wildman–Crippen LogP) is 4.79. The van der Waals surface area contributed by atoms with Crippen LogP contribution in [0.4, 0.5) is 0 Å². The third-order valence-corrected chi connectivity index (χ3v) is 5.11. The Balaban J connectivity index is 1.71. The Morgan fingerprint density at radius 3 is 1.60 bits per heavy atom. The molecular formula is C23H21NO. The minimum absolute atomic E-state index is 0.0372. The van der Waals surface area contributed by atoms with Crippen LogP contribution in [0, 0.1) is 0 Å². The Bertz CT molecular complexity index is 806. The molecule has 0 unspecified atom stereocenters. The average Bonchev–Trinajstić information content (AvgIpc) is 2.68. The monoisotopic (exact) mass is 327 g/mol. The maximum atomic E-state index is 13.1. The van der Waals surface area contributed by atoms with Crippen molar-refractivity contribution >= 4 is 5.91 Å². The molecule has 2 heteroatoms. The van der Waals surface area contributed by atoms with Crippen LogP contribution in [0.25, 0.3) is 0 Å². The van der Waals surface area contributed by atoms with E-state index in [0.717, 1.165) is 16.7 Å². The number of hydrogen-bond acceptors (Lipinski definition) is 1. The van der Waals surface area contributed by atoms with Crippen molar-refractivity contribution in [1.82, 2.24) is 4.90 Å². The number of likely N-dealkylation sites (tertiary alicyclic amines) is 1. The SMILES string of the molecule is C[C@@H]1[C@H](c2ccccc2)C(=O)N1C(c1ccccc1)c1ccccc1. The quantitative estimate of drug-likeness (QED) is 0.631. The van der Waals surface area contributed by atoms with Crippen LogP contribution in [0.15, 0.2) is 91.0 Å². The zero-order chi connectivity index (χ0) is 17.2. The highest BCUT2D eigenvalue weighted by Gasteiger charge is 2.48. The maximum Gasteiger partial charge on any atom is 0.233 e. The highest BCUT2D eigenvalue weighted by Crippen LogP contribution is 2.43. The van der Waals surface area contributed by atoms with E-state index in [1.807, 2.05) is 59.5 Å². The van der Waals surface area contributed by atoms with E-state index in [-0.39, 0.29) is 23.9 Å². The Kier molecular flexibility index (Phi) is 4.10. The van der Waals surface area contributed by atoms with E-state index in [2.05, 4.69) is 43.3 Å². The normalized spacial score (nSPS) is 19.8. The van der Waals surface area contributed by atoms with Crippen molar-refractivity contribution in [3.05, 3.63) is 108 Å². The highest BCUT2D eigenvalue weighted by molar-refractivity contribution is 5.91. The summed E-state index contributed by atoms with van der Waals surface area (Å²) < 4.78 is 0. The van der Waals surface area contributed by atoms with E-state index >= 15 is 0 Å².